The highest BCUT2D eigenvalue weighted by Gasteiger charge is 2.34. The van der Waals surface area contributed by atoms with Gasteiger partial charge in [0.15, 0.2) is 11.5 Å². The maximum absolute atomic E-state index is 13.1. The van der Waals surface area contributed by atoms with E-state index < -0.39 is 12.0 Å². The second-order valence-electron chi connectivity index (χ2n) is 8.27. The lowest BCUT2D eigenvalue weighted by Crippen LogP contribution is -2.48. The number of amides is 1. The van der Waals surface area contributed by atoms with Gasteiger partial charge < -0.3 is 24.9 Å². The van der Waals surface area contributed by atoms with Gasteiger partial charge in [-0.15, -0.1) is 0 Å². The molecule has 1 saturated carbocycles. The van der Waals surface area contributed by atoms with Gasteiger partial charge >= 0.3 is 5.97 Å². The zero-order chi connectivity index (χ0) is 24.2. The van der Waals surface area contributed by atoms with Crippen LogP contribution in [0.3, 0.4) is 0 Å². The Morgan fingerprint density at radius 2 is 2.00 bits per heavy atom. The van der Waals surface area contributed by atoms with Crippen LogP contribution in [0.1, 0.15) is 24.1 Å². The van der Waals surface area contributed by atoms with Crippen molar-refractivity contribution in [3.63, 3.8) is 0 Å². The summed E-state index contributed by atoms with van der Waals surface area (Å²) >= 11 is 6.10. The number of nitrogens with zero attached hydrogens (tertiary/aromatic N) is 5. The maximum Gasteiger partial charge on any atom is 0.329 e. The number of H-pyrrole nitrogens is 2. The number of carbonyl (C=O) groups excluding carboxylic acids is 2. The predicted molar refractivity (Wildman–Crippen MR) is 128 cm³/mol. The summed E-state index contributed by atoms with van der Waals surface area (Å²) in [6.45, 7) is 0.0953. The van der Waals surface area contributed by atoms with Crippen LogP contribution in [0.15, 0.2) is 49.2 Å². The van der Waals surface area contributed by atoms with Crippen LogP contribution in [0.5, 0.6) is 0 Å². The third kappa shape index (κ3) is 5.57. The number of carbonyl (C=O) groups is 2. The number of fused-ring (bicyclic) bond motifs is 1. The SMILES string of the molecule is O=C(CN(c1nc(Cl)nc2nc[nH]c12)C1CC1)N[C@@H](Cc1cnc[nH]1)C(=O)OCc1ccccc1. The van der Waals surface area contributed by atoms with Crippen molar-refractivity contribution in [1.82, 2.24) is 35.2 Å². The van der Waals surface area contributed by atoms with Gasteiger partial charge in [0.25, 0.3) is 0 Å². The smallest absolute Gasteiger partial charge is 0.329 e. The average Bonchev–Trinajstić information content (AvgIpc) is 3.35. The van der Waals surface area contributed by atoms with E-state index in [1.54, 1.807) is 6.20 Å². The van der Waals surface area contributed by atoms with E-state index in [0.717, 1.165) is 18.4 Å². The van der Waals surface area contributed by atoms with Crippen molar-refractivity contribution in [3.8, 4) is 0 Å². The third-order valence-corrected chi connectivity index (χ3v) is 5.80. The number of esters is 1. The molecule has 1 aliphatic rings. The van der Waals surface area contributed by atoms with Crippen LogP contribution in [0.2, 0.25) is 5.28 Å². The van der Waals surface area contributed by atoms with Crippen molar-refractivity contribution in [3.05, 3.63) is 65.7 Å². The molecule has 1 aromatic carbocycles. The number of nitrogens with one attached hydrogen (secondary N) is 3. The van der Waals surface area contributed by atoms with Crippen LogP contribution in [-0.4, -0.2) is 60.4 Å². The van der Waals surface area contributed by atoms with Crippen molar-refractivity contribution < 1.29 is 14.3 Å². The van der Waals surface area contributed by atoms with Crippen LogP contribution < -0.4 is 10.2 Å². The summed E-state index contributed by atoms with van der Waals surface area (Å²) in [7, 11) is 0. The number of hydrogen-bond acceptors (Lipinski definition) is 8. The Bertz CT molecular complexity index is 1310. The molecule has 11 nitrogen and oxygen atoms in total. The Morgan fingerprint density at radius 1 is 1.17 bits per heavy atom. The van der Waals surface area contributed by atoms with Crippen molar-refractivity contribution in [1.29, 1.82) is 0 Å². The highest BCUT2D eigenvalue weighted by atomic mass is 35.5. The second-order valence-corrected chi connectivity index (χ2v) is 8.61. The molecule has 0 spiro atoms. The minimum absolute atomic E-state index is 0.0163. The summed E-state index contributed by atoms with van der Waals surface area (Å²) in [5.41, 5.74) is 2.59. The van der Waals surface area contributed by atoms with Gasteiger partial charge in [-0.2, -0.15) is 9.97 Å². The van der Waals surface area contributed by atoms with Crippen LogP contribution in [0.4, 0.5) is 5.82 Å². The fraction of sp³-hybridized carbons (Fsp3) is 0.304. The zero-order valence-corrected chi connectivity index (χ0v) is 19.4. The number of imidazole rings is 2. The van der Waals surface area contributed by atoms with Crippen molar-refractivity contribution in [2.24, 2.45) is 0 Å². The number of aromatic nitrogens is 6. The topological polar surface area (TPSA) is 142 Å². The van der Waals surface area contributed by atoms with E-state index in [1.807, 2.05) is 35.2 Å². The van der Waals surface area contributed by atoms with Crippen molar-refractivity contribution in [2.75, 3.05) is 11.4 Å². The molecule has 12 heteroatoms. The number of rotatable bonds is 10. The monoisotopic (exact) mass is 494 g/mol. The highest BCUT2D eigenvalue weighted by molar-refractivity contribution is 6.28. The first-order valence-corrected chi connectivity index (χ1v) is 11.5. The summed E-state index contributed by atoms with van der Waals surface area (Å²) in [5, 5.41) is 2.87. The number of aromatic amines is 2. The number of benzene rings is 1. The summed E-state index contributed by atoms with van der Waals surface area (Å²) in [6.07, 6.45) is 6.69. The van der Waals surface area contributed by atoms with E-state index in [2.05, 4.69) is 35.2 Å². The Labute approximate surface area is 205 Å². The van der Waals surface area contributed by atoms with Gasteiger partial charge in [0.2, 0.25) is 11.2 Å². The van der Waals surface area contributed by atoms with E-state index in [9.17, 15) is 9.59 Å². The molecular weight excluding hydrogens is 472 g/mol. The molecule has 0 bridgehead atoms. The Morgan fingerprint density at radius 3 is 2.74 bits per heavy atom. The first-order chi connectivity index (χ1) is 17.1. The lowest BCUT2D eigenvalue weighted by Gasteiger charge is -2.25. The molecule has 0 radical (unpaired) electrons. The van der Waals surface area contributed by atoms with Crippen molar-refractivity contribution in [2.45, 2.75) is 38.0 Å². The Kier molecular flexibility index (Phi) is 6.57. The number of anilines is 1. The minimum Gasteiger partial charge on any atom is -0.459 e. The number of hydrogen-bond donors (Lipinski definition) is 3. The first kappa shape index (κ1) is 22.8. The van der Waals surface area contributed by atoms with Crippen LogP contribution in [0.25, 0.3) is 11.2 Å². The molecule has 5 rings (SSSR count). The predicted octanol–water partition coefficient (Wildman–Crippen LogP) is 2.17. The molecular formula is C23H23ClN8O3. The molecule has 0 unspecified atom stereocenters. The highest BCUT2D eigenvalue weighted by Crippen LogP contribution is 2.33. The fourth-order valence-electron chi connectivity index (χ4n) is 3.80. The van der Waals surface area contributed by atoms with E-state index in [4.69, 9.17) is 16.3 Å². The molecule has 35 heavy (non-hydrogen) atoms. The molecule has 3 heterocycles. The lowest BCUT2D eigenvalue weighted by molar-refractivity contribution is -0.149. The lowest BCUT2D eigenvalue weighted by atomic mass is 10.1. The quantitative estimate of drug-likeness (QED) is 0.225. The molecule has 1 atom stereocenters. The molecule has 1 fully saturated rings. The van der Waals surface area contributed by atoms with E-state index >= 15 is 0 Å². The van der Waals surface area contributed by atoms with E-state index in [1.165, 1.54) is 12.7 Å². The van der Waals surface area contributed by atoms with Gasteiger partial charge in [-0.3, -0.25) is 4.79 Å². The summed E-state index contributed by atoms with van der Waals surface area (Å²) in [6, 6.07) is 8.60. The molecule has 3 N–H and O–H groups in total. The standard InChI is InChI=1S/C23H23ClN8O3/c24-23-30-20-19(27-13-28-20)21(31-23)32(16-6-7-16)10-18(33)29-17(8-15-9-25-12-26-15)22(34)35-11-14-4-2-1-3-5-14/h1-5,9,12-13,16-17H,6-8,10-11H2,(H,25,26)(H,29,33)(H,27,28,30,31)/t17-/m0/s1. The van der Waals surface area contributed by atoms with Crippen LogP contribution in [-0.2, 0) is 27.4 Å². The molecule has 4 aromatic rings. The second kappa shape index (κ2) is 10.1. The Balaban J connectivity index is 1.31. The van der Waals surface area contributed by atoms with Crippen LogP contribution >= 0.6 is 11.6 Å². The Hall–Kier alpha value is -3.99. The van der Waals surface area contributed by atoms with Gasteiger partial charge in [-0.05, 0) is 30.0 Å². The van der Waals surface area contributed by atoms with Crippen molar-refractivity contribution >= 4 is 40.5 Å². The van der Waals surface area contributed by atoms with E-state index in [-0.39, 0.29) is 36.8 Å². The third-order valence-electron chi connectivity index (χ3n) is 5.64. The fourth-order valence-corrected chi connectivity index (χ4v) is 3.96. The summed E-state index contributed by atoms with van der Waals surface area (Å²) in [5.74, 6) is -0.372. The zero-order valence-electron chi connectivity index (χ0n) is 18.6. The number of halogens is 1. The van der Waals surface area contributed by atoms with Gasteiger partial charge in [0, 0.05) is 24.4 Å². The van der Waals surface area contributed by atoms with Gasteiger partial charge in [0.1, 0.15) is 18.2 Å². The summed E-state index contributed by atoms with van der Waals surface area (Å²) in [4.78, 5) is 50.5. The summed E-state index contributed by atoms with van der Waals surface area (Å²) < 4.78 is 5.50. The first-order valence-electron chi connectivity index (χ1n) is 11.2. The molecule has 1 aliphatic carbocycles. The number of ether oxygens (including phenoxy) is 1. The minimum atomic E-state index is -0.895. The molecule has 0 aliphatic heterocycles. The average molecular weight is 495 g/mol. The van der Waals surface area contributed by atoms with Gasteiger partial charge in [-0.1, -0.05) is 30.3 Å². The van der Waals surface area contributed by atoms with E-state index in [0.29, 0.717) is 22.7 Å². The molecule has 0 saturated heterocycles. The molecule has 1 amide bonds. The van der Waals surface area contributed by atoms with Gasteiger partial charge in [-0.25, -0.2) is 14.8 Å². The van der Waals surface area contributed by atoms with Gasteiger partial charge in [0.05, 0.1) is 19.2 Å². The largest absolute Gasteiger partial charge is 0.459 e. The normalized spacial score (nSPS) is 14.0. The van der Waals surface area contributed by atoms with Crippen LogP contribution in [0, 0.1) is 0 Å². The molecule has 180 valence electrons. The maximum atomic E-state index is 13.1. The molecule has 3 aromatic heterocycles.